The maximum absolute atomic E-state index is 13.2. The topological polar surface area (TPSA) is 73.9 Å². The number of carbonyl (C=O) groups is 2. The molecule has 1 heterocycles. The van der Waals surface area contributed by atoms with Gasteiger partial charge < -0.3 is 19.5 Å². The second kappa shape index (κ2) is 8.94. The van der Waals surface area contributed by atoms with Crippen molar-refractivity contribution in [1.82, 2.24) is 5.32 Å². The Labute approximate surface area is 185 Å². The smallest absolute Gasteiger partial charge is 0.336 e. The summed E-state index contributed by atoms with van der Waals surface area (Å²) in [4.78, 5) is 26.3. The summed E-state index contributed by atoms with van der Waals surface area (Å²) in [5.41, 5.74) is 3.40. The molecule has 0 amide bonds. The quantitative estimate of drug-likeness (QED) is 0.487. The molecule has 6 nitrogen and oxygen atoms in total. The zero-order valence-electron chi connectivity index (χ0n) is 18.1. The summed E-state index contributed by atoms with van der Waals surface area (Å²) < 4.78 is 16.5. The Hall–Kier alpha value is -2.12. The monoisotopic (exact) mass is 477 g/mol. The summed E-state index contributed by atoms with van der Waals surface area (Å²) in [6, 6.07) is 5.64. The van der Waals surface area contributed by atoms with Crippen LogP contribution in [0.3, 0.4) is 0 Å². The maximum atomic E-state index is 13.2. The minimum absolute atomic E-state index is 0.0559. The lowest BCUT2D eigenvalue weighted by molar-refractivity contribution is -0.140. The van der Waals surface area contributed by atoms with Crippen molar-refractivity contribution in [2.75, 3.05) is 27.4 Å². The third kappa shape index (κ3) is 4.47. The van der Waals surface area contributed by atoms with Crippen molar-refractivity contribution in [2.45, 2.75) is 39.5 Å². The van der Waals surface area contributed by atoms with Crippen molar-refractivity contribution in [3.05, 3.63) is 50.8 Å². The summed E-state index contributed by atoms with van der Waals surface area (Å²) in [5.74, 6) is -0.205. The lowest BCUT2D eigenvalue weighted by atomic mass is 9.68. The molecule has 0 unspecified atom stereocenters. The molecule has 0 saturated heterocycles. The van der Waals surface area contributed by atoms with E-state index >= 15 is 0 Å². The Morgan fingerprint density at radius 1 is 1.23 bits per heavy atom. The van der Waals surface area contributed by atoms with E-state index < -0.39 is 11.9 Å². The SMILES string of the molecule is COCCOC(=O)C1=C(C)NC2=C(C(=O)CC(C)(C)C2)[C@@H]1c1ccc(OC)c(Br)c1. The van der Waals surface area contributed by atoms with Gasteiger partial charge in [0.15, 0.2) is 5.78 Å². The molecule has 1 aliphatic heterocycles. The number of ether oxygens (including phenoxy) is 3. The van der Waals surface area contributed by atoms with Crippen molar-refractivity contribution in [3.8, 4) is 5.75 Å². The zero-order chi connectivity index (χ0) is 22.1. The summed E-state index contributed by atoms with van der Waals surface area (Å²) in [5, 5.41) is 3.33. The Morgan fingerprint density at radius 3 is 2.60 bits per heavy atom. The molecule has 3 rings (SSSR count). The van der Waals surface area contributed by atoms with Gasteiger partial charge in [-0.05, 0) is 52.4 Å². The summed E-state index contributed by atoms with van der Waals surface area (Å²) in [6.07, 6.45) is 1.18. The summed E-state index contributed by atoms with van der Waals surface area (Å²) >= 11 is 3.53. The van der Waals surface area contributed by atoms with E-state index in [4.69, 9.17) is 14.2 Å². The number of methoxy groups -OCH3 is 2. The van der Waals surface area contributed by atoms with Gasteiger partial charge in [0.25, 0.3) is 0 Å². The van der Waals surface area contributed by atoms with Crippen molar-refractivity contribution in [2.24, 2.45) is 5.41 Å². The Kier molecular flexibility index (Phi) is 6.72. The molecular formula is C23H28BrNO5. The number of allylic oxidation sites excluding steroid dienone is 3. The van der Waals surface area contributed by atoms with Gasteiger partial charge >= 0.3 is 5.97 Å². The second-order valence-electron chi connectivity index (χ2n) is 8.45. The highest BCUT2D eigenvalue weighted by molar-refractivity contribution is 9.10. The van der Waals surface area contributed by atoms with Crippen molar-refractivity contribution in [3.63, 3.8) is 0 Å². The van der Waals surface area contributed by atoms with Crippen LogP contribution in [-0.2, 0) is 19.1 Å². The van der Waals surface area contributed by atoms with Crippen molar-refractivity contribution >= 4 is 27.7 Å². The van der Waals surface area contributed by atoms with Crippen LogP contribution < -0.4 is 10.1 Å². The molecule has 0 saturated carbocycles. The van der Waals surface area contributed by atoms with Crippen LogP contribution in [0.2, 0.25) is 0 Å². The average Bonchev–Trinajstić information content (AvgIpc) is 2.65. The lowest BCUT2D eigenvalue weighted by Gasteiger charge is -2.39. The summed E-state index contributed by atoms with van der Waals surface area (Å²) in [7, 11) is 3.15. The van der Waals surface area contributed by atoms with Crippen molar-refractivity contribution < 1.29 is 23.8 Å². The van der Waals surface area contributed by atoms with Gasteiger partial charge in [-0.1, -0.05) is 19.9 Å². The first kappa shape index (κ1) is 22.6. The van der Waals surface area contributed by atoms with E-state index in [0.29, 0.717) is 35.6 Å². The fourth-order valence-electron chi connectivity index (χ4n) is 4.20. The second-order valence-corrected chi connectivity index (χ2v) is 9.31. The average molecular weight is 478 g/mol. The largest absolute Gasteiger partial charge is 0.496 e. The highest BCUT2D eigenvalue weighted by Gasteiger charge is 2.43. The third-order valence-electron chi connectivity index (χ3n) is 5.49. The molecule has 1 aromatic carbocycles. The first-order chi connectivity index (χ1) is 14.2. The van der Waals surface area contributed by atoms with Crippen LogP contribution >= 0.6 is 15.9 Å². The maximum Gasteiger partial charge on any atom is 0.336 e. The van der Waals surface area contributed by atoms with Gasteiger partial charge in [0.1, 0.15) is 12.4 Å². The van der Waals surface area contributed by atoms with Gasteiger partial charge in [-0.25, -0.2) is 4.79 Å². The van der Waals surface area contributed by atoms with E-state index in [1.165, 1.54) is 0 Å². The molecule has 1 aliphatic carbocycles. The Morgan fingerprint density at radius 2 is 1.97 bits per heavy atom. The van der Waals surface area contributed by atoms with E-state index in [2.05, 4.69) is 35.1 Å². The highest BCUT2D eigenvalue weighted by atomic mass is 79.9. The first-order valence-corrected chi connectivity index (χ1v) is 10.7. The molecule has 1 atom stereocenters. The van der Waals surface area contributed by atoms with Crippen LogP contribution in [0.4, 0.5) is 0 Å². The van der Waals surface area contributed by atoms with Crippen LogP contribution in [0.25, 0.3) is 0 Å². The van der Waals surface area contributed by atoms with Crippen LogP contribution in [0.1, 0.15) is 45.1 Å². The standard InChI is InChI=1S/C23H28BrNO5/c1-13-19(22(27)30-9-8-28-4)20(14-6-7-18(29-5)15(24)10-14)21-16(25-13)11-23(2,3)12-17(21)26/h6-7,10,20,25H,8-9,11-12H2,1-5H3/t20-/m1/s1. The van der Waals surface area contributed by atoms with Crippen LogP contribution in [0.15, 0.2) is 45.2 Å². The number of halogens is 1. The molecule has 0 fully saturated rings. The van der Waals surface area contributed by atoms with Crippen molar-refractivity contribution in [1.29, 1.82) is 0 Å². The van der Waals surface area contributed by atoms with Gasteiger partial charge in [0.2, 0.25) is 0 Å². The number of esters is 1. The lowest BCUT2D eigenvalue weighted by Crippen LogP contribution is -2.38. The molecule has 2 aliphatic rings. The molecule has 1 N–H and O–H groups in total. The predicted molar refractivity (Wildman–Crippen MR) is 117 cm³/mol. The normalized spacial score (nSPS) is 20.6. The molecule has 0 radical (unpaired) electrons. The molecule has 162 valence electrons. The molecule has 0 bridgehead atoms. The Balaban J connectivity index is 2.11. The predicted octanol–water partition coefficient (Wildman–Crippen LogP) is 4.25. The fourth-order valence-corrected chi connectivity index (χ4v) is 4.76. The molecule has 0 aromatic heterocycles. The number of hydrogen-bond donors (Lipinski definition) is 1. The minimum Gasteiger partial charge on any atom is -0.496 e. The van der Waals surface area contributed by atoms with E-state index in [1.807, 2.05) is 25.1 Å². The molecule has 0 spiro atoms. The van der Waals surface area contributed by atoms with E-state index in [9.17, 15) is 9.59 Å². The number of rotatable bonds is 6. The fraction of sp³-hybridized carbons (Fsp3) is 0.478. The molecule has 30 heavy (non-hydrogen) atoms. The number of hydrogen-bond acceptors (Lipinski definition) is 6. The van der Waals surface area contributed by atoms with Gasteiger partial charge in [0, 0.05) is 36.4 Å². The molecular weight excluding hydrogens is 450 g/mol. The van der Waals surface area contributed by atoms with E-state index in [-0.39, 0.29) is 17.8 Å². The molecule has 1 aromatic rings. The number of Topliss-reactive ketones (excluding diaryl/α,β-unsaturated/α-hetero) is 1. The van der Waals surface area contributed by atoms with Crippen LogP contribution in [0.5, 0.6) is 5.75 Å². The third-order valence-corrected chi connectivity index (χ3v) is 6.11. The number of carbonyl (C=O) groups excluding carboxylic acids is 2. The number of nitrogens with one attached hydrogen (secondary N) is 1. The first-order valence-electron chi connectivity index (χ1n) is 9.92. The number of benzene rings is 1. The van der Waals surface area contributed by atoms with E-state index in [1.54, 1.807) is 14.2 Å². The Bertz CT molecular complexity index is 932. The van der Waals surface area contributed by atoms with E-state index in [0.717, 1.165) is 22.2 Å². The molecule has 7 heteroatoms. The highest BCUT2D eigenvalue weighted by Crippen LogP contribution is 2.47. The number of dihydropyridines is 1. The van der Waals surface area contributed by atoms with Gasteiger partial charge in [-0.3, -0.25) is 4.79 Å². The number of ketones is 1. The van der Waals surface area contributed by atoms with Crippen LogP contribution in [-0.4, -0.2) is 39.2 Å². The van der Waals surface area contributed by atoms with Gasteiger partial charge in [-0.15, -0.1) is 0 Å². The van der Waals surface area contributed by atoms with Gasteiger partial charge in [-0.2, -0.15) is 0 Å². The summed E-state index contributed by atoms with van der Waals surface area (Å²) in [6.45, 7) is 6.49. The van der Waals surface area contributed by atoms with Gasteiger partial charge in [0.05, 0.1) is 23.8 Å². The van der Waals surface area contributed by atoms with Crippen LogP contribution in [0, 0.1) is 5.41 Å². The minimum atomic E-state index is -0.498. The zero-order valence-corrected chi connectivity index (χ0v) is 19.6.